The van der Waals surface area contributed by atoms with Crippen LogP contribution in [0.4, 0.5) is 15.9 Å². The molecule has 0 spiro atoms. The van der Waals surface area contributed by atoms with Gasteiger partial charge >= 0.3 is 0 Å². The molecule has 0 saturated carbocycles. The Kier molecular flexibility index (Phi) is 4.81. The van der Waals surface area contributed by atoms with Crippen LogP contribution in [-0.4, -0.2) is 10.9 Å². The van der Waals surface area contributed by atoms with Crippen molar-refractivity contribution in [1.29, 1.82) is 0 Å². The van der Waals surface area contributed by atoms with E-state index in [1.165, 1.54) is 12.1 Å². The van der Waals surface area contributed by atoms with Crippen LogP contribution < -0.4 is 10.6 Å². The van der Waals surface area contributed by atoms with Gasteiger partial charge in [0.25, 0.3) is 5.91 Å². The fourth-order valence-electron chi connectivity index (χ4n) is 2.23. The predicted octanol–water partition coefficient (Wildman–Crippen LogP) is 3.89. The molecule has 0 unspecified atom stereocenters. The molecular weight excluding hydrogens is 305 g/mol. The Morgan fingerprint density at radius 1 is 0.958 bits per heavy atom. The highest BCUT2D eigenvalue weighted by Gasteiger charge is 2.12. The number of anilines is 2. The lowest BCUT2D eigenvalue weighted by atomic mass is 10.2. The van der Waals surface area contributed by atoms with Crippen molar-refractivity contribution in [1.82, 2.24) is 10.3 Å². The van der Waals surface area contributed by atoms with E-state index >= 15 is 0 Å². The molecule has 0 aliphatic rings. The summed E-state index contributed by atoms with van der Waals surface area (Å²) in [4.78, 5) is 16.6. The number of benzene rings is 2. The molecule has 2 N–H and O–H groups in total. The maximum atomic E-state index is 13.0. The van der Waals surface area contributed by atoms with E-state index in [0.29, 0.717) is 23.6 Å². The molecule has 120 valence electrons. The average molecular weight is 321 g/mol. The molecule has 0 bridgehead atoms. The maximum absolute atomic E-state index is 13.0. The molecule has 24 heavy (non-hydrogen) atoms. The Morgan fingerprint density at radius 3 is 2.46 bits per heavy atom. The van der Waals surface area contributed by atoms with Gasteiger partial charge in [-0.1, -0.05) is 30.3 Å². The smallest absolute Gasteiger partial charge is 0.255 e. The molecule has 3 rings (SSSR count). The van der Waals surface area contributed by atoms with E-state index in [1.54, 1.807) is 30.5 Å². The van der Waals surface area contributed by atoms with Crippen LogP contribution in [0.1, 0.15) is 15.9 Å². The highest BCUT2D eigenvalue weighted by atomic mass is 19.1. The lowest BCUT2D eigenvalue weighted by Crippen LogP contribution is -2.24. The molecule has 0 aliphatic carbocycles. The highest BCUT2D eigenvalue weighted by molar-refractivity contribution is 5.99. The summed E-state index contributed by atoms with van der Waals surface area (Å²) in [5.41, 5.74) is 2.10. The molecule has 1 heterocycles. The third-order valence-electron chi connectivity index (χ3n) is 3.46. The number of aromatic nitrogens is 1. The summed E-state index contributed by atoms with van der Waals surface area (Å²) in [6.45, 7) is 0.435. The molecule has 2 aromatic carbocycles. The van der Waals surface area contributed by atoms with E-state index in [2.05, 4.69) is 15.6 Å². The fourth-order valence-corrected chi connectivity index (χ4v) is 2.23. The molecule has 4 nitrogen and oxygen atoms in total. The Labute approximate surface area is 139 Å². The van der Waals surface area contributed by atoms with Crippen molar-refractivity contribution in [3.63, 3.8) is 0 Å². The second kappa shape index (κ2) is 7.37. The van der Waals surface area contributed by atoms with Gasteiger partial charge in [-0.2, -0.15) is 0 Å². The van der Waals surface area contributed by atoms with Gasteiger partial charge in [0, 0.05) is 18.4 Å². The first-order valence-electron chi connectivity index (χ1n) is 7.52. The first-order chi connectivity index (χ1) is 11.7. The van der Waals surface area contributed by atoms with Crippen molar-refractivity contribution in [3.8, 4) is 0 Å². The van der Waals surface area contributed by atoms with Crippen molar-refractivity contribution in [3.05, 3.63) is 89.9 Å². The van der Waals surface area contributed by atoms with Gasteiger partial charge in [0.1, 0.15) is 11.6 Å². The van der Waals surface area contributed by atoms with Gasteiger partial charge in [0.05, 0.1) is 5.56 Å². The molecule has 0 fully saturated rings. The Morgan fingerprint density at radius 2 is 1.71 bits per heavy atom. The molecular formula is C19H16FN3O. The van der Waals surface area contributed by atoms with Crippen molar-refractivity contribution in [2.45, 2.75) is 6.54 Å². The second-order valence-electron chi connectivity index (χ2n) is 5.20. The van der Waals surface area contributed by atoms with Gasteiger partial charge in [-0.3, -0.25) is 4.79 Å². The first-order valence-corrected chi connectivity index (χ1v) is 7.52. The molecule has 1 amide bonds. The van der Waals surface area contributed by atoms with E-state index < -0.39 is 0 Å². The van der Waals surface area contributed by atoms with Crippen LogP contribution in [0.15, 0.2) is 72.9 Å². The number of hydrogen-bond donors (Lipinski definition) is 2. The predicted molar refractivity (Wildman–Crippen MR) is 91.5 cm³/mol. The topological polar surface area (TPSA) is 54.0 Å². The summed E-state index contributed by atoms with van der Waals surface area (Å²) >= 11 is 0. The van der Waals surface area contributed by atoms with Gasteiger partial charge in [-0.25, -0.2) is 9.37 Å². The van der Waals surface area contributed by atoms with Crippen molar-refractivity contribution < 1.29 is 9.18 Å². The minimum atomic E-state index is -0.317. The Hall–Kier alpha value is -3.21. The zero-order valence-electron chi connectivity index (χ0n) is 12.9. The molecule has 0 atom stereocenters. The Bertz CT molecular complexity index is 820. The number of carbonyl (C=O) groups is 1. The van der Waals surface area contributed by atoms with Gasteiger partial charge < -0.3 is 10.6 Å². The molecule has 1 aromatic heterocycles. The standard InChI is InChI=1S/C19H16FN3O/c20-15-8-10-16(11-9-15)23-18-17(7-4-12-21-18)19(24)22-13-14-5-2-1-3-6-14/h1-12H,13H2,(H,21,23)(H,22,24). The third-order valence-corrected chi connectivity index (χ3v) is 3.46. The number of amides is 1. The summed E-state index contributed by atoms with van der Waals surface area (Å²) in [6.07, 6.45) is 1.60. The Balaban J connectivity index is 1.73. The normalized spacial score (nSPS) is 10.2. The molecule has 3 aromatic rings. The summed E-state index contributed by atoms with van der Waals surface area (Å²) in [6, 6.07) is 18.9. The van der Waals surface area contributed by atoms with Gasteiger partial charge in [0.15, 0.2) is 0 Å². The SMILES string of the molecule is O=C(NCc1ccccc1)c1cccnc1Nc1ccc(F)cc1. The second-order valence-corrected chi connectivity index (χ2v) is 5.20. The van der Waals surface area contributed by atoms with Gasteiger partial charge in [0.2, 0.25) is 0 Å². The van der Waals surface area contributed by atoms with Gasteiger partial charge in [-0.15, -0.1) is 0 Å². The number of carbonyl (C=O) groups excluding carboxylic acids is 1. The van der Waals surface area contributed by atoms with Crippen molar-refractivity contribution >= 4 is 17.4 Å². The number of rotatable bonds is 5. The van der Waals surface area contributed by atoms with Crippen LogP contribution in [-0.2, 0) is 6.54 Å². The van der Waals surface area contributed by atoms with Crippen LogP contribution in [0.3, 0.4) is 0 Å². The quantitative estimate of drug-likeness (QED) is 0.749. The molecule has 0 radical (unpaired) electrons. The third kappa shape index (κ3) is 3.95. The van der Waals surface area contributed by atoms with Crippen molar-refractivity contribution in [2.75, 3.05) is 5.32 Å². The van der Waals surface area contributed by atoms with Crippen molar-refractivity contribution in [2.24, 2.45) is 0 Å². The van der Waals surface area contributed by atoms with E-state index in [4.69, 9.17) is 0 Å². The lowest BCUT2D eigenvalue weighted by Gasteiger charge is -2.11. The lowest BCUT2D eigenvalue weighted by molar-refractivity contribution is 0.0951. The van der Waals surface area contributed by atoms with Gasteiger partial charge in [-0.05, 0) is 42.0 Å². The van der Waals surface area contributed by atoms with Crippen LogP contribution in [0.2, 0.25) is 0 Å². The maximum Gasteiger partial charge on any atom is 0.255 e. The fraction of sp³-hybridized carbons (Fsp3) is 0.0526. The number of nitrogens with one attached hydrogen (secondary N) is 2. The minimum Gasteiger partial charge on any atom is -0.348 e. The zero-order valence-corrected chi connectivity index (χ0v) is 12.9. The minimum absolute atomic E-state index is 0.225. The zero-order chi connectivity index (χ0) is 16.8. The van der Waals surface area contributed by atoms with E-state index in [0.717, 1.165) is 5.56 Å². The summed E-state index contributed by atoms with van der Waals surface area (Å²) in [5, 5.41) is 5.91. The van der Waals surface area contributed by atoms with Crippen LogP contribution >= 0.6 is 0 Å². The summed E-state index contributed by atoms with van der Waals surface area (Å²) < 4.78 is 13.0. The highest BCUT2D eigenvalue weighted by Crippen LogP contribution is 2.18. The molecule has 0 aliphatic heterocycles. The number of nitrogens with zero attached hydrogens (tertiary/aromatic N) is 1. The number of pyridine rings is 1. The summed E-state index contributed by atoms with van der Waals surface area (Å²) in [7, 11) is 0. The van der Waals surface area contributed by atoms with E-state index in [1.807, 2.05) is 30.3 Å². The van der Waals surface area contributed by atoms with Crippen LogP contribution in [0.25, 0.3) is 0 Å². The number of halogens is 1. The van der Waals surface area contributed by atoms with E-state index in [-0.39, 0.29) is 11.7 Å². The molecule has 5 heteroatoms. The first kappa shape index (κ1) is 15.7. The number of hydrogen-bond acceptors (Lipinski definition) is 3. The van der Waals surface area contributed by atoms with Crippen LogP contribution in [0.5, 0.6) is 0 Å². The average Bonchev–Trinajstić information content (AvgIpc) is 2.63. The van der Waals surface area contributed by atoms with E-state index in [9.17, 15) is 9.18 Å². The largest absolute Gasteiger partial charge is 0.348 e. The molecule has 0 saturated heterocycles. The summed E-state index contributed by atoms with van der Waals surface area (Å²) in [5.74, 6) is -0.117. The monoisotopic (exact) mass is 321 g/mol. The van der Waals surface area contributed by atoms with Crippen LogP contribution in [0, 0.1) is 5.82 Å².